The fourth-order valence-corrected chi connectivity index (χ4v) is 3.80. The Balaban J connectivity index is 2.19. The molecule has 1 aliphatic rings. The van der Waals surface area contributed by atoms with Crippen LogP contribution in [0.3, 0.4) is 0 Å². The summed E-state index contributed by atoms with van der Waals surface area (Å²) in [5.41, 5.74) is -1.76. The fourth-order valence-electron chi connectivity index (χ4n) is 2.46. The Morgan fingerprint density at radius 3 is 2.46 bits per heavy atom. The van der Waals surface area contributed by atoms with Crippen LogP contribution in [0, 0.1) is 5.92 Å². The number of hydrogen-bond acceptors (Lipinski definition) is 7. The van der Waals surface area contributed by atoms with E-state index in [1.165, 1.54) is 6.92 Å². The molecule has 1 saturated heterocycles. The summed E-state index contributed by atoms with van der Waals surface area (Å²) < 4.78 is 62.5. The Bertz CT molecular complexity index is 771. The molecule has 2 heterocycles. The summed E-state index contributed by atoms with van der Waals surface area (Å²) in [4.78, 5) is 24.8. The van der Waals surface area contributed by atoms with E-state index in [9.17, 15) is 22.9 Å². The van der Waals surface area contributed by atoms with Gasteiger partial charge in [0.2, 0.25) is 6.23 Å². The molecule has 12 heteroatoms. The number of rotatable bonds is 8. The van der Waals surface area contributed by atoms with Gasteiger partial charge in [0.1, 0.15) is 0 Å². The molecule has 0 spiro atoms. The monoisotopic (exact) mass is 398 g/mol. The van der Waals surface area contributed by atoms with Crippen molar-refractivity contribution < 1.29 is 31.9 Å². The summed E-state index contributed by atoms with van der Waals surface area (Å²) in [5, 5.41) is 0. The first-order chi connectivity index (χ1) is 12.1. The van der Waals surface area contributed by atoms with Gasteiger partial charge in [-0.2, -0.15) is 0 Å². The standard InChI is InChI=1S/C14H21F2N2O7P/c1-4-23-26(21,24-5-2)8-22-11-9(3)14(15,16)12(25-11)18-7-6-10(19)17-13(18)20/h6-7,9,11-12H,4-5,8H2,1-3H3,(H,17,19,20). The molecular formula is C14H21F2N2O7P. The summed E-state index contributed by atoms with van der Waals surface area (Å²) in [6.45, 7) is 4.56. The van der Waals surface area contributed by atoms with Gasteiger partial charge in [0.05, 0.1) is 19.1 Å². The van der Waals surface area contributed by atoms with Gasteiger partial charge in [0.25, 0.3) is 11.5 Å². The fraction of sp³-hybridized carbons (Fsp3) is 0.714. The van der Waals surface area contributed by atoms with E-state index in [1.807, 2.05) is 4.98 Å². The predicted octanol–water partition coefficient (Wildman–Crippen LogP) is 1.90. The molecule has 1 aliphatic heterocycles. The lowest BCUT2D eigenvalue weighted by atomic mass is 10.1. The highest BCUT2D eigenvalue weighted by Gasteiger charge is 2.58. The van der Waals surface area contributed by atoms with Crippen molar-refractivity contribution in [2.24, 2.45) is 5.92 Å². The molecule has 0 aliphatic carbocycles. The maximum atomic E-state index is 14.5. The van der Waals surface area contributed by atoms with Crippen LogP contribution in [0.5, 0.6) is 0 Å². The molecule has 1 N–H and O–H groups in total. The largest absolute Gasteiger partial charge is 0.356 e. The molecule has 0 radical (unpaired) electrons. The second kappa shape index (κ2) is 8.10. The molecule has 1 aromatic rings. The minimum absolute atomic E-state index is 0.0905. The van der Waals surface area contributed by atoms with Crippen LogP contribution in [0.25, 0.3) is 0 Å². The summed E-state index contributed by atoms with van der Waals surface area (Å²) in [7, 11) is -3.61. The zero-order valence-electron chi connectivity index (χ0n) is 14.5. The Morgan fingerprint density at radius 2 is 1.92 bits per heavy atom. The second-order valence-electron chi connectivity index (χ2n) is 5.58. The molecule has 3 unspecified atom stereocenters. The van der Waals surface area contributed by atoms with Crippen LogP contribution in [-0.2, 0) is 23.1 Å². The summed E-state index contributed by atoms with van der Waals surface area (Å²) in [5.74, 6) is -4.93. The van der Waals surface area contributed by atoms with E-state index < -0.39 is 49.6 Å². The normalized spacial score (nSPS) is 25.5. The van der Waals surface area contributed by atoms with Crippen molar-refractivity contribution in [2.45, 2.75) is 39.2 Å². The Hall–Kier alpha value is -1.39. The lowest BCUT2D eigenvalue weighted by molar-refractivity contribution is -0.166. The number of hydrogen-bond donors (Lipinski definition) is 1. The third kappa shape index (κ3) is 4.29. The van der Waals surface area contributed by atoms with Crippen LogP contribution >= 0.6 is 7.60 Å². The maximum absolute atomic E-state index is 14.5. The van der Waals surface area contributed by atoms with E-state index >= 15 is 0 Å². The van der Waals surface area contributed by atoms with Crippen molar-refractivity contribution in [1.29, 1.82) is 0 Å². The summed E-state index contributed by atoms with van der Waals surface area (Å²) >= 11 is 0. The van der Waals surface area contributed by atoms with E-state index in [1.54, 1.807) is 13.8 Å². The van der Waals surface area contributed by atoms with E-state index in [-0.39, 0.29) is 13.2 Å². The first-order valence-corrected chi connectivity index (χ1v) is 9.72. The Morgan fingerprint density at radius 1 is 1.31 bits per heavy atom. The molecule has 1 fully saturated rings. The van der Waals surface area contributed by atoms with Crippen molar-refractivity contribution in [3.63, 3.8) is 0 Å². The SMILES string of the molecule is CCOP(=O)(COC1OC(n2ccc(=O)[nH]c2=O)C(F)(F)C1C)OCC. The molecule has 0 bridgehead atoms. The van der Waals surface area contributed by atoms with Crippen LogP contribution in [-0.4, -0.2) is 41.3 Å². The topological polar surface area (TPSA) is 109 Å². The van der Waals surface area contributed by atoms with E-state index in [0.29, 0.717) is 4.57 Å². The highest BCUT2D eigenvalue weighted by molar-refractivity contribution is 7.53. The van der Waals surface area contributed by atoms with Gasteiger partial charge in [-0.05, 0) is 13.8 Å². The van der Waals surface area contributed by atoms with Gasteiger partial charge in [-0.15, -0.1) is 0 Å². The number of nitrogens with one attached hydrogen (secondary N) is 1. The Labute approximate surface area is 147 Å². The van der Waals surface area contributed by atoms with Crippen LogP contribution in [0.2, 0.25) is 0 Å². The minimum Gasteiger partial charge on any atom is -0.339 e. The van der Waals surface area contributed by atoms with Gasteiger partial charge in [0.15, 0.2) is 12.6 Å². The predicted molar refractivity (Wildman–Crippen MR) is 86.2 cm³/mol. The van der Waals surface area contributed by atoms with Crippen LogP contribution in [0.15, 0.2) is 21.9 Å². The van der Waals surface area contributed by atoms with E-state index in [0.717, 1.165) is 12.3 Å². The molecule has 26 heavy (non-hydrogen) atoms. The minimum atomic E-state index is -3.61. The molecule has 3 atom stereocenters. The number of ether oxygens (including phenoxy) is 2. The molecule has 0 aromatic carbocycles. The summed E-state index contributed by atoms with van der Waals surface area (Å²) in [6, 6.07) is 0.929. The zero-order chi connectivity index (χ0) is 19.5. The van der Waals surface area contributed by atoms with Crippen molar-refractivity contribution in [3.05, 3.63) is 33.1 Å². The van der Waals surface area contributed by atoms with Crippen LogP contribution in [0.4, 0.5) is 8.78 Å². The average Bonchev–Trinajstić information content (AvgIpc) is 2.77. The molecule has 2 rings (SSSR count). The first kappa shape index (κ1) is 20.9. The number of alkyl halides is 2. The van der Waals surface area contributed by atoms with Gasteiger partial charge in [-0.3, -0.25) is 18.9 Å². The van der Waals surface area contributed by atoms with Crippen molar-refractivity contribution >= 4 is 7.60 Å². The van der Waals surface area contributed by atoms with Crippen LogP contribution in [0.1, 0.15) is 27.0 Å². The lowest BCUT2D eigenvalue weighted by Crippen LogP contribution is -2.39. The van der Waals surface area contributed by atoms with Gasteiger partial charge in [0, 0.05) is 12.3 Å². The molecule has 1 aromatic heterocycles. The summed E-state index contributed by atoms with van der Waals surface area (Å²) in [6.07, 6.45) is -3.10. The highest BCUT2D eigenvalue weighted by atomic mass is 31.2. The van der Waals surface area contributed by atoms with Crippen molar-refractivity contribution in [1.82, 2.24) is 9.55 Å². The number of aromatic nitrogens is 2. The average molecular weight is 398 g/mol. The third-order valence-corrected chi connectivity index (χ3v) is 5.53. The smallest absolute Gasteiger partial charge is 0.339 e. The lowest BCUT2D eigenvalue weighted by Gasteiger charge is -2.21. The van der Waals surface area contributed by atoms with Gasteiger partial charge >= 0.3 is 13.3 Å². The van der Waals surface area contributed by atoms with Crippen molar-refractivity contribution in [2.75, 3.05) is 19.6 Å². The van der Waals surface area contributed by atoms with Crippen LogP contribution < -0.4 is 11.2 Å². The van der Waals surface area contributed by atoms with Gasteiger partial charge < -0.3 is 18.5 Å². The quantitative estimate of drug-likeness (QED) is 0.666. The van der Waals surface area contributed by atoms with Gasteiger partial charge in [-0.25, -0.2) is 13.6 Å². The third-order valence-electron chi connectivity index (χ3n) is 3.76. The zero-order valence-corrected chi connectivity index (χ0v) is 15.4. The van der Waals surface area contributed by atoms with Crippen molar-refractivity contribution in [3.8, 4) is 0 Å². The van der Waals surface area contributed by atoms with E-state index in [2.05, 4.69) is 0 Å². The molecule has 0 saturated carbocycles. The number of halogens is 2. The molecule has 0 amide bonds. The molecule has 148 valence electrons. The maximum Gasteiger partial charge on any atom is 0.356 e. The first-order valence-electron chi connectivity index (χ1n) is 7.99. The highest BCUT2D eigenvalue weighted by Crippen LogP contribution is 2.51. The van der Waals surface area contributed by atoms with Gasteiger partial charge in [-0.1, -0.05) is 6.92 Å². The Kier molecular flexibility index (Phi) is 6.51. The number of H-pyrrole nitrogens is 1. The molecule has 9 nitrogen and oxygen atoms in total. The molecular weight excluding hydrogens is 377 g/mol. The van der Waals surface area contributed by atoms with E-state index in [4.69, 9.17) is 18.5 Å². The number of nitrogens with zero attached hydrogens (tertiary/aromatic N) is 1. The second-order valence-corrected chi connectivity index (χ2v) is 7.58. The number of aromatic amines is 1.